The van der Waals surface area contributed by atoms with Gasteiger partial charge in [0.15, 0.2) is 5.69 Å². The predicted octanol–water partition coefficient (Wildman–Crippen LogP) is 6.32. The van der Waals surface area contributed by atoms with E-state index in [0.717, 1.165) is 47.0 Å². The van der Waals surface area contributed by atoms with Gasteiger partial charge in [-0.3, -0.25) is 4.79 Å². The fourth-order valence-electron chi connectivity index (χ4n) is 5.44. The summed E-state index contributed by atoms with van der Waals surface area (Å²) in [5, 5.41) is 7.97. The van der Waals surface area contributed by atoms with E-state index in [-0.39, 0.29) is 30.4 Å². The lowest BCUT2D eigenvalue weighted by Crippen LogP contribution is -2.52. The molecule has 3 N–H and O–H groups in total. The second-order valence-electron chi connectivity index (χ2n) is 11.8. The minimum absolute atomic E-state index is 0.0571. The van der Waals surface area contributed by atoms with Crippen molar-refractivity contribution in [1.29, 1.82) is 0 Å². The zero-order valence-electron chi connectivity index (χ0n) is 25.5. The van der Waals surface area contributed by atoms with Gasteiger partial charge < -0.3 is 25.3 Å². The topological polar surface area (TPSA) is 116 Å². The van der Waals surface area contributed by atoms with E-state index in [1.807, 2.05) is 57.0 Å². The van der Waals surface area contributed by atoms with Crippen molar-refractivity contribution in [3.8, 4) is 0 Å². The summed E-state index contributed by atoms with van der Waals surface area (Å²) in [6, 6.07) is 6.65. The summed E-state index contributed by atoms with van der Waals surface area (Å²) in [6.07, 6.45) is 7.13. The molecule has 1 fully saturated rings. The molecule has 1 aliphatic rings. The average Bonchev–Trinajstić information content (AvgIpc) is 3.48. The van der Waals surface area contributed by atoms with Crippen molar-refractivity contribution in [3.63, 3.8) is 0 Å². The Labute approximate surface area is 252 Å². The van der Waals surface area contributed by atoms with E-state index < -0.39 is 18.1 Å². The maximum Gasteiger partial charge on any atom is 0.358 e. The van der Waals surface area contributed by atoms with Crippen molar-refractivity contribution < 1.29 is 19.1 Å². The van der Waals surface area contributed by atoms with Crippen LogP contribution >= 0.6 is 11.3 Å². The van der Waals surface area contributed by atoms with Crippen LogP contribution in [-0.2, 0) is 16.0 Å². The molecule has 0 radical (unpaired) electrons. The van der Waals surface area contributed by atoms with Gasteiger partial charge in [-0.15, -0.1) is 11.3 Å². The van der Waals surface area contributed by atoms with Crippen LogP contribution in [0.3, 0.4) is 0 Å². The smallest absolute Gasteiger partial charge is 0.358 e. The van der Waals surface area contributed by atoms with Crippen molar-refractivity contribution in [2.45, 2.75) is 91.1 Å². The van der Waals surface area contributed by atoms with Crippen LogP contribution in [0.1, 0.15) is 105 Å². The van der Waals surface area contributed by atoms with Crippen LogP contribution in [0.25, 0.3) is 10.9 Å². The van der Waals surface area contributed by atoms with Crippen LogP contribution in [0.2, 0.25) is 0 Å². The molecular weight excluding hydrogens is 550 g/mol. The first-order chi connectivity index (χ1) is 20.2. The molecule has 2 atom stereocenters. The number of rotatable bonds is 11. The standard InChI is InChI=1S/C32H45N5O4S/c1-6-41-31(39)27-28(21(4)5)42-30(36-27)26(18-22-19-33-24-14-10-9-13-23(22)24)34-29(38)25(17-20(2)3)35-32(40)37-15-11-7-8-12-16-37/h9-10,13-14,19-21,25-26,33H,6-8,11-12,15-18H2,1-5H3,(H,34,38)(H,35,40)/t25-,26+/m0/s1. The number of esters is 1. The zero-order valence-corrected chi connectivity index (χ0v) is 26.3. The van der Waals surface area contributed by atoms with Crippen molar-refractivity contribution in [3.05, 3.63) is 51.6 Å². The Hall–Kier alpha value is -3.40. The lowest BCUT2D eigenvalue weighted by atomic mass is 10.0. The number of nitrogens with one attached hydrogen (secondary N) is 3. The van der Waals surface area contributed by atoms with E-state index in [9.17, 15) is 14.4 Å². The van der Waals surface area contributed by atoms with Crippen LogP contribution in [0.5, 0.6) is 0 Å². The molecule has 3 amide bonds. The number of urea groups is 1. The van der Waals surface area contributed by atoms with Crippen molar-refractivity contribution in [2.75, 3.05) is 19.7 Å². The number of carbonyl (C=O) groups is 3. The highest BCUT2D eigenvalue weighted by Gasteiger charge is 2.31. The minimum atomic E-state index is -0.694. The lowest BCUT2D eigenvalue weighted by molar-refractivity contribution is -0.124. The Kier molecular flexibility index (Phi) is 11.0. The van der Waals surface area contributed by atoms with E-state index in [2.05, 4.69) is 21.7 Å². The molecular formula is C32H45N5O4S. The highest BCUT2D eigenvalue weighted by atomic mass is 32.1. The molecule has 228 valence electrons. The van der Waals surface area contributed by atoms with Gasteiger partial charge >= 0.3 is 12.0 Å². The number of aromatic nitrogens is 2. The van der Waals surface area contributed by atoms with Crippen molar-refractivity contribution >= 4 is 40.1 Å². The Balaban J connectivity index is 1.65. The summed E-state index contributed by atoms with van der Waals surface area (Å²) < 4.78 is 5.31. The Morgan fingerprint density at radius 1 is 1.05 bits per heavy atom. The number of likely N-dealkylation sites (tertiary alicyclic amines) is 1. The molecule has 0 bridgehead atoms. The van der Waals surface area contributed by atoms with Crippen molar-refractivity contribution in [2.24, 2.45) is 5.92 Å². The average molecular weight is 596 g/mol. The molecule has 0 aliphatic carbocycles. The number of ether oxygens (including phenoxy) is 1. The molecule has 3 heterocycles. The first kappa shape index (κ1) is 31.5. The Morgan fingerprint density at radius 2 is 1.76 bits per heavy atom. The third-order valence-corrected chi connectivity index (χ3v) is 9.06. The molecule has 3 aromatic rings. The molecule has 0 unspecified atom stereocenters. The Morgan fingerprint density at radius 3 is 2.43 bits per heavy atom. The summed E-state index contributed by atoms with van der Waals surface area (Å²) in [7, 11) is 0. The van der Waals surface area contributed by atoms with Gasteiger partial charge in [-0.05, 0) is 49.7 Å². The lowest BCUT2D eigenvalue weighted by Gasteiger charge is -2.27. The van der Waals surface area contributed by atoms with Gasteiger partial charge in [0.25, 0.3) is 0 Å². The van der Waals surface area contributed by atoms with E-state index in [1.165, 1.54) is 11.3 Å². The quantitative estimate of drug-likeness (QED) is 0.224. The molecule has 1 saturated heterocycles. The number of aromatic amines is 1. The maximum atomic E-state index is 13.9. The number of fused-ring (bicyclic) bond motifs is 1. The highest BCUT2D eigenvalue weighted by Crippen LogP contribution is 2.33. The molecule has 10 heteroatoms. The second kappa shape index (κ2) is 14.7. The third kappa shape index (κ3) is 7.91. The van der Waals surface area contributed by atoms with Crippen LogP contribution in [0.4, 0.5) is 4.79 Å². The number of H-pyrrole nitrogens is 1. The summed E-state index contributed by atoms with van der Waals surface area (Å²) in [6.45, 7) is 11.6. The van der Waals surface area contributed by atoms with E-state index in [4.69, 9.17) is 9.72 Å². The van der Waals surface area contributed by atoms with Gasteiger partial charge in [0.05, 0.1) is 12.6 Å². The number of benzene rings is 1. The number of amides is 3. The summed E-state index contributed by atoms with van der Waals surface area (Å²) in [5.41, 5.74) is 2.34. The fourth-order valence-corrected chi connectivity index (χ4v) is 6.55. The summed E-state index contributed by atoms with van der Waals surface area (Å²) in [5.74, 6) is -0.458. The Bertz CT molecular complexity index is 1360. The largest absolute Gasteiger partial charge is 0.461 e. The molecule has 4 rings (SSSR count). The number of thiazole rings is 1. The first-order valence-electron chi connectivity index (χ1n) is 15.3. The van der Waals surface area contributed by atoms with Crippen molar-refractivity contribution in [1.82, 2.24) is 25.5 Å². The van der Waals surface area contributed by atoms with Gasteiger partial charge in [-0.1, -0.05) is 58.7 Å². The molecule has 9 nitrogen and oxygen atoms in total. The van der Waals surface area contributed by atoms with Gasteiger partial charge in [0, 0.05) is 41.5 Å². The van der Waals surface area contributed by atoms with Gasteiger partial charge in [0.1, 0.15) is 11.0 Å². The minimum Gasteiger partial charge on any atom is -0.461 e. The normalized spacial score (nSPS) is 15.5. The summed E-state index contributed by atoms with van der Waals surface area (Å²) >= 11 is 1.43. The van der Waals surface area contributed by atoms with E-state index in [1.54, 1.807) is 6.92 Å². The zero-order chi connectivity index (χ0) is 30.2. The summed E-state index contributed by atoms with van der Waals surface area (Å²) in [4.78, 5) is 50.7. The monoisotopic (exact) mass is 595 g/mol. The molecule has 0 saturated carbocycles. The fraction of sp³-hybridized carbons (Fsp3) is 0.562. The molecule has 1 aliphatic heterocycles. The van der Waals surface area contributed by atoms with Crippen LogP contribution in [-0.4, -0.2) is 58.5 Å². The van der Waals surface area contributed by atoms with Crippen LogP contribution in [0.15, 0.2) is 30.5 Å². The van der Waals surface area contributed by atoms with Gasteiger partial charge in [0.2, 0.25) is 5.91 Å². The number of hydrogen-bond acceptors (Lipinski definition) is 6. The third-order valence-electron chi connectivity index (χ3n) is 7.59. The number of nitrogens with zero attached hydrogens (tertiary/aromatic N) is 2. The highest BCUT2D eigenvalue weighted by molar-refractivity contribution is 7.12. The predicted molar refractivity (Wildman–Crippen MR) is 167 cm³/mol. The van der Waals surface area contributed by atoms with Gasteiger partial charge in [-0.25, -0.2) is 14.6 Å². The van der Waals surface area contributed by atoms with Crippen LogP contribution in [0, 0.1) is 5.92 Å². The van der Waals surface area contributed by atoms with Crippen LogP contribution < -0.4 is 10.6 Å². The molecule has 2 aromatic heterocycles. The number of carbonyl (C=O) groups excluding carboxylic acids is 3. The maximum absolute atomic E-state index is 13.9. The molecule has 0 spiro atoms. The van der Waals surface area contributed by atoms with E-state index in [0.29, 0.717) is 36.6 Å². The molecule has 42 heavy (non-hydrogen) atoms. The number of para-hydroxylation sites is 1. The number of hydrogen-bond donors (Lipinski definition) is 3. The second-order valence-corrected chi connectivity index (χ2v) is 12.9. The first-order valence-corrected chi connectivity index (χ1v) is 16.1. The van der Waals surface area contributed by atoms with Gasteiger partial charge in [-0.2, -0.15) is 0 Å². The van der Waals surface area contributed by atoms with E-state index >= 15 is 0 Å². The molecule has 1 aromatic carbocycles. The SMILES string of the molecule is CCOC(=O)c1nc([C@@H](Cc2c[nH]c3ccccc23)NC(=O)[C@H](CC(C)C)NC(=O)N2CCCCCC2)sc1C(C)C.